The molecule has 4 rings (SSSR count). The summed E-state index contributed by atoms with van der Waals surface area (Å²) in [5.74, 6) is 0.431. The van der Waals surface area contributed by atoms with Gasteiger partial charge in [-0.2, -0.15) is 5.10 Å². The van der Waals surface area contributed by atoms with Crippen LogP contribution >= 0.6 is 24.8 Å². The van der Waals surface area contributed by atoms with Crippen molar-refractivity contribution in [1.82, 2.24) is 25.4 Å². The third-order valence-electron chi connectivity index (χ3n) is 6.00. The molecule has 2 aromatic rings. The van der Waals surface area contributed by atoms with Crippen molar-refractivity contribution in [2.75, 3.05) is 19.6 Å². The van der Waals surface area contributed by atoms with E-state index in [1.165, 1.54) is 5.56 Å². The van der Waals surface area contributed by atoms with Crippen LogP contribution in [0.25, 0.3) is 0 Å². The van der Waals surface area contributed by atoms with Crippen molar-refractivity contribution in [2.24, 2.45) is 5.92 Å². The number of aromatic amines is 1. The molecule has 1 saturated heterocycles. The monoisotopic (exact) mass is 441 g/mol. The Kier molecular flexibility index (Phi) is 7.91. The van der Waals surface area contributed by atoms with Crippen LogP contribution in [0.4, 0.5) is 0 Å². The summed E-state index contributed by atoms with van der Waals surface area (Å²) in [5, 5.41) is 13.7. The van der Waals surface area contributed by atoms with Crippen LogP contribution in [0, 0.1) is 19.8 Å². The van der Waals surface area contributed by atoms with E-state index < -0.39 is 6.04 Å². The molecule has 2 bridgehead atoms. The van der Waals surface area contributed by atoms with Gasteiger partial charge in [-0.15, -0.1) is 24.8 Å². The van der Waals surface area contributed by atoms with E-state index in [1.54, 1.807) is 16.7 Å². The molecule has 9 heteroatoms. The van der Waals surface area contributed by atoms with Gasteiger partial charge in [0.05, 0.1) is 5.69 Å². The fraction of sp³-hybridized carbons (Fsp3) is 0.550. The van der Waals surface area contributed by atoms with Crippen LogP contribution in [0.5, 0.6) is 0 Å². The van der Waals surface area contributed by atoms with Gasteiger partial charge in [0.25, 0.3) is 5.56 Å². The SMILES string of the molecule is Cc1n[nH]c(C)c1CCCNC(=O)[C@H]1[C@@H]2CNC[C@@H](C2)c2cccc(=O)n21.Cl.Cl. The second-order valence-corrected chi connectivity index (χ2v) is 7.76. The van der Waals surface area contributed by atoms with Crippen molar-refractivity contribution >= 4 is 30.7 Å². The smallest absolute Gasteiger partial charge is 0.251 e. The van der Waals surface area contributed by atoms with E-state index in [-0.39, 0.29) is 42.2 Å². The van der Waals surface area contributed by atoms with Gasteiger partial charge in [-0.3, -0.25) is 19.3 Å². The average Bonchev–Trinajstić information content (AvgIpc) is 2.98. The normalized spacial score (nSPS) is 22.1. The predicted octanol–water partition coefficient (Wildman–Crippen LogP) is 2.03. The quantitative estimate of drug-likeness (QED) is 0.618. The molecular weight excluding hydrogens is 413 g/mol. The minimum Gasteiger partial charge on any atom is -0.354 e. The fourth-order valence-corrected chi connectivity index (χ4v) is 4.65. The minimum absolute atomic E-state index is 0. The Morgan fingerprint density at radius 1 is 1.28 bits per heavy atom. The molecule has 4 heterocycles. The Balaban J connectivity index is 0.00000150. The summed E-state index contributed by atoms with van der Waals surface area (Å²) in [7, 11) is 0. The van der Waals surface area contributed by atoms with E-state index >= 15 is 0 Å². The molecule has 1 fully saturated rings. The summed E-state index contributed by atoms with van der Waals surface area (Å²) in [6.07, 6.45) is 2.69. The molecule has 3 atom stereocenters. The van der Waals surface area contributed by atoms with Crippen molar-refractivity contribution in [3.8, 4) is 0 Å². The lowest BCUT2D eigenvalue weighted by Crippen LogP contribution is -2.52. The standard InChI is InChI=1S/C20H27N5O2.2ClH/c1-12-16(13(2)24-23-12)5-4-8-22-20(27)19-15-9-14(10-21-11-15)17-6-3-7-18(26)25(17)19;;/h3,6-7,14-15,19,21H,4-5,8-11H2,1-2H3,(H,22,27)(H,23,24);2*1H/t14-,15+,19-;;/m1../s1. The lowest BCUT2D eigenvalue weighted by atomic mass is 9.79. The maximum atomic E-state index is 13.0. The highest BCUT2D eigenvalue weighted by Gasteiger charge is 2.41. The van der Waals surface area contributed by atoms with Crippen molar-refractivity contribution in [1.29, 1.82) is 0 Å². The van der Waals surface area contributed by atoms with Crippen LogP contribution in [0.2, 0.25) is 0 Å². The Labute approximate surface area is 182 Å². The molecule has 3 N–H and O–H groups in total. The van der Waals surface area contributed by atoms with Gasteiger partial charge in [-0.1, -0.05) is 6.07 Å². The zero-order chi connectivity index (χ0) is 19.0. The number of rotatable bonds is 5. The van der Waals surface area contributed by atoms with Gasteiger partial charge in [0.2, 0.25) is 5.91 Å². The van der Waals surface area contributed by atoms with Crippen LogP contribution in [0.15, 0.2) is 23.0 Å². The molecule has 29 heavy (non-hydrogen) atoms. The zero-order valence-corrected chi connectivity index (χ0v) is 18.4. The van der Waals surface area contributed by atoms with Gasteiger partial charge in [-0.05, 0) is 44.7 Å². The Morgan fingerprint density at radius 3 is 2.79 bits per heavy atom. The van der Waals surface area contributed by atoms with Crippen LogP contribution < -0.4 is 16.2 Å². The summed E-state index contributed by atoms with van der Waals surface area (Å²) in [6, 6.07) is 4.92. The topological polar surface area (TPSA) is 91.8 Å². The highest BCUT2D eigenvalue weighted by atomic mass is 35.5. The number of carbonyl (C=O) groups is 1. The van der Waals surface area contributed by atoms with Crippen LogP contribution in [-0.4, -0.2) is 40.3 Å². The summed E-state index contributed by atoms with van der Waals surface area (Å²) >= 11 is 0. The third kappa shape index (κ3) is 4.52. The van der Waals surface area contributed by atoms with E-state index in [4.69, 9.17) is 0 Å². The molecule has 160 valence electrons. The number of H-pyrrole nitrogens is 1. The lowest BCUT2D eigenvalue weighted by molar-refractivity contribution is -0.127. The first kappa shape index (κ1) is 23.4. The summed E-state index contributed by atoms with van der Waals surface area (Å²) in [6.45, 7) is 6.27. The first-order chi connectivity index (χ1) is 13.1. The molecule has 0 aliphatic carbocycles. The van der Waals surface area contributed by atoms with E-state index in [0.717, 1.165) is 49.4 Å². The van der Waals surface area contributed by atoms with Crippen molar-refractivity contribution in [2.45, 2.75) is 45.1 Å². The van der Waals surface area contributed by atoms with Crippen molar-refractivity contribution < 1.29 is 4.79 Å². The van der Waals surface area contributed by atoms with Gasteiger partial charge in [0, 0.05) is 48.9 Å². The molecule has 2 aliphatic rings. The molecule has 2 aliphatic heterocycles. The summed E-state index contributed by atoms with van der Waals surface area (Å²) in [5.41, 5.74) is 4.24. The van der Waals surface area contributed by atoms with Gasteiger partial charge >= 0.3 is 0 Å². The number of piperidine rings is 1. The largest absolute Gasteiger partial charge is 0.354 e. The maximum absolute atomic E-state index is 13.0. The maximum Gasteiger partial charge on any atom is 0.251 e. The molecule has 0 unspecified atom stereocenters. The Hall–Kier alpha value is -1.83. The number of nitrogens with zero attached hydrogens (tertiary/aromatic N) is 2. The van der Waals surface area contributed by atoms with Crippen LogP contribution in [-0.2, 0) is 11.2 Å². The Morgan fingerprint density at radius 2 is 2.07 bits per heavy atom. The zero-order valence-electron chi connectivity index (χ0n) is 16.7. The van der Waals surface area contributed by atoms with Gasteiger partial charge in [0.1, 0.15) is 6.04 Å². The molecular formula is C20H29Cl2N5O2. The number of aromatic nitrogens is 3. The van der Waals surface area contributed by atoms with E-state index in [2.05, 4.69) is 20.8 Å². The number of hydrogen-bond donors (Lipinski definition) is 3. The highest BCUT2D eigenvalue weighted by Crippen LogP contribution is 2.38. The number of aryl methyl sites for hydroxylation is 2. The number of fused-ring (bicyclic) bond motifs is 4. The van der Waals surface area contributed by atoms with Crippen LogP contribution in [0.1, 0.15) is 47.4 Å². The lowest BCUT2D eigenvalue weighted by Gasteiger charge is -2.42. The summed E-state index contributed by atoms with van der Waals surface area (Å²) in [4.78, 5) is 25.5. The summed E-state index contributed by atoms with van der Waals surface area (Å²) < 4.78 is 1.74. The molecule has 2 aromatic heterocycles. The number of halogens is 2. The second kappa shape index (κ2) is 9.78. The molecule has 0 radical (unpaired) electrons. The molecule has 0 aromatic carbocycles. The van der Waals surface area contributed by atoms with Gasteiger partial charge < -0.3 is 10.6 Å². The number of hydrogen-bond acceptors (Lipinski definition) is 4. The van der Waals surface area contributed by atoms with Gasteiger partial charge in [0.15, 0.2) is 0 Å². The van der Waals surface area contributed by atoms with Crippen molar-refractivity contribution in [3.05, 3.63) is 51.2 Å². The predicted molar refractivity (Wildman–Crippen MR) is 117 cm³/mol. The average molecular weight is 442 g/mol. The minimum atomic E-state index is -0.421. The number of amides is 1. The second-order valence-electron chi connectivity index (χ2n) is 7.76. The molecule has 1 amide bonds. The number of nitrogens with one attached hydrogen (secondary N) is 3. The van der Waals surface area contributed by atoms with Gasteiger partial charge in [-0.25, -0.2) is 0 Å². The van der Waals surface area contributed by atoms with E-state index in [1.807, 2.05) is 19.9 Å². The van der Waals surface area contributed by atoms with Crippen molar-refractivity contribution in [3.63, 3.8) is 0 Å². The number of carbonyl (C=O) groups excluding carboxylic acids is 1. The molecule has 0 spiro atoms. The van der Waals surface area contributed by atoms with Crippen LogP contribution in [0.3, 0.4) is 0 Å². The number of pyridine rings is 1. The first-order valence-electron chi connectivity index (χ1n) is 9.76. The Bertz CT molecular complexity index is 891. The third-order valence-corrected chi connectivity index (χ3v) is 6.00. The van der Waals surface area contributed by atoms with E-state index in [0.29, 0.717) is 12.5 Å². The first-order valence-corrected chi connectivity index (χ1v) is 9.76. The molecule has 0 saturated carbocycles. The van der Waals surface area contributed by atoms with E-state index in [9.17, 15) is 9.59 Å². The molecule has 7 nitrogen and oxygen atoms in total. The highest BCUT2D eigenvalue weighted by molar-refractivity contribution is 5.85. The fourth-order valence-electron chi connectivity index (χ4n) is 4.65.